The molecule has 0 aromatic rings. The molecule has 0 aromatic carbocycles. The molecule has 0 aliphatic heterocycles. The summed E-state index contributed by atoms with van der Waals surface area (Å²) in [5.41, 5.74) is 0.351. The molecular weight excluding hydrogens is 154 g/mol. The number of hydrogen-bond acceptors (Lipinski definition) is 2. The zero-order chi connectivity index (χ0) is 9.35. The Kier molecular flexibility index (Phi) is 2.42. The maximum Gasteiger partial charge on any atom is 0.320 e. The van der Waals surface area contributed by atoms with Crippen LogP contribution in [0.4, 0.5) is 0 Å². The average molecular weight is 171 g/mol. The molecule has 3 nitrogen and oxygen atoms in total. The van der Waals surface area contributed by atoms with Gasteiger partial charge in [0.2, 0.25) is 0 Å². The van der Waals surface area contributed by atoms with Crippen LogP contribution in [0.2, 0.25) is 0 Å². The van der Waals surface area contributed by atoms with Crippen molar-refractivity contribution in [3.05, 3.63) is 0 Å². The van der Waals surface area contributed by atoms with Crippen LogP contribution in [0.5, 0.6) is 0 Å². The minimum absolute atomic E-state index is 0.309. The van der Waals surface area contributed by atoms with Crippen LogP contribution in [0.1, 0.15) is 33.6 Å². The number of nitrogens with one attached hydrogen (secondary N) is 1. The Morgan fingerprint density at radius 2 is 2.00 bits per heavy atom. The summed E-state index contributed by atoms with van der Waals surface area (Å²) in [5.74, 6) is -0.772. The Balaban J connectivity index is 2.35. The highest BCUT2D eigenvalue weighted by Crippen LogP contribution is 2.47. The standard InChI is InChI=1S/C9H17NO2/c1-6(8(11)12)10-7(2)9(3)4-5-9/h6-7,10H,4-5H2,1-3H3,(H,11,12). The Morgan fingerprint density at radius 1 is 1.50 bits per heavy atom. The lowest BCUT2D eigenvalue weighted by Crippen LogP contribution is -2.43. The van der Waals surface area contributed by atoms with Gasteiger partial charge in [-0.15, -0.1) is 0 Å². The molecule has 1 aliphatic carbocycles. The molecular formula is C9H17NO2. The van der Waals surface area contributed by atoms with Gasteiger partial charge >= 0.3 is 5.97 Å². The summed E-state index contributed by atoms with van der Waals surface area (Å²) in [6.45, 7) is 5.94. The SMILES string of the molecule is CC(NC(C)C1(C)CC1)C(=O)O. The number of carboxylic acid groups (broad SMARTS) is 1. The van der Waals surface area contributed by atoms with Crippen molar-refractivity contribution < 1.29 is 9.90 Å². The molecule has 2 atom stereocenters. The van der Waals surface area contributed by atoms with Crippen LogP contribution >= 0.6 is 0 Å². The fourth-order valence-corrected chi connectivity index (χ4v) is 1.28. The molecule has 0 radical (unpaired) electrons. The summed E-state index contributed by atoms with van der Waals surface area (Å²) < 4.78 is 0. The molecule has 12 heavy (non-hydrogen) atoms. The highest BCUT2D eigenvalue weighted by Gasteiger charge is 2.43. The van der Waals surface area contributed by atoms with E-state index in [1.54, 1.807) is 6.92 Å². The van der Waals surface area contributed by atoms with Crippen LogP contribution in [-0.2, 0) is 4.79 Å². The zero-order valence-electron chi connectivity index (χ0n) is 7.92. The highest BCUT2D eigenvalue weighted by molar-refractivity contribution is 5.72. The quantitative estimate of drug-likeness (QED) is 0.669. The number of aliphatic carboxylic acids is 1. The first-order valence-corrected chi connectivity index (χ1v) is 4.44. The van der Waals surface area contributed by atoms with Crippen LogP contribution < -0.4 is 5.32 Å². The van der Waals surface area contributed by atoms with Crippen LogP contribution in [0, 0.1) is 5.41 Å². The summed E-state index contributed by atoms with van der Waals surface area (Å²) in [7, 11) is 0. The summed E-state index contributed by atoms with van der Waals surface area (Å²) in [6, 6.07) is -0.124. The molecule has 0 aromatic heterocycles. The lowest BCUT2D eigenvalue weighted by atomic mass is 10.0. The van der Waals surface area contributed by atoms with Gasteiger partial charge in [0.1, 0.15) is 6.04 Å². The van der Waals surface area contributed by atoms with Gasteiger partial charge in [-0.1, -0.05) is 6.92 Å². The van der Waals surface area contributed by atoms with Gasteiger partial charge in [-0.3, -0.25) is 4.79 Å². The average Bonchev–Trinajstić information content (AvgIpc) is 2.69. The molecule has 1 aliphatic rings. The fraction of sp³-hybridized carbons (Fsp3) is 0.889. The predicted molar refractivity (Wildman–Crippen MR) is 47.0 cm³/mol. The molecule has 0 amide bonds. The van der Waals surface area contributed by atoms with Crippen LogP contribution in [0.3, 0.4) is 0 Å². The van der Waals surface area contributed by atoms with Crippen molar-refractivity contribution in [2.45, 2.75) is 45.7 Å². The Hall–Kier alpha value is -0.570. The van der Waals surface area contributed by atoms with E-state index < -0.39 is 12.0 Å². The zero-order valence-corrected chi connectivity index (χ0v) is 7.92. The van der Waals surface area contributed by atoms with Gasteiger partial charge in [0.05, 0.1) is 0 Å². The Morgan fingerprint density at radius 3 is 2.33 bits per heavy atom. The lowest BCUT2D eigenvalue weighted by molar-refractivity contribution is -0.139. The van der Waals surface area contributed by atoms with E-state index in [4.69, 9.17) is 5.11 Å². The van der Waals surface area contributed by atoms with Crippen molar-refractivity contribution >= 4 is 5.97 Å². The molecule has 0 heterocycles. The normalized spacial score (nSPS) is 24.6. The van der Waals surface area contributed by atoms with Gasteiger partial charge in [-0.25, -0.2) is 0 Å². The maximum atomic E-state index is 10.5. The topological polar surface area (TPSA) is 49.3 Å². The summed E-state index contributed by atoms with van der Waals surface area (Å²) >= 11 is 0. The molecule has 1 saturated carbocycles. The van der Waals surface area contributed by atoms with Gasteiger partial charge in [-0.2, -0.15) is 0 Å². The molecule has 70 valence electrons. The second-order valence-corrected chi connectivity index (χ2v) is 4.10. The first-order chi connectivity index (χ1) is 5.46. The third-order valence-corrected chi connectivity index (χ3v) is 2.95. The lowest BCUT2D eigenvalue weighted by Gasteiger charge is -2.22. The monoisotopic (exact) mass is 171 g/mol. The van der Waals surface area contributed by atoms with Crippen molar-refractivity contribution in [2.24, 2.45) is 5.41 Å². The number of rotatable bonds is 4. The largest absolute Gasteiger partial charge is 0.480 e. The van der Waals surface area contributed by atoms with E-state index in [0.717, 1.165) is 0 Å². The molecule has 2 unspecified atom stereocenters. The van der Waals surface area contributed by atoms with E-state index in [-0.39, 0.29) is 0 Å². The molecule has 1 fully saturated rings. The van der Waals surface area contributed by atoms with Gasteiger partial charge in [0, 0.05) is 6.04 Å². The van der Waals surface area contributed by atoms with E-state index in [1.807, 2.05) is 0 Å². The van der Waals surface area contributed by atoms with E-state index >= 15 is 0 Å². The molecule has 3 heteroatoms. The summed E-state index contributed by atoms with van der Waals surface area (Å²) in [4.78, 5) is 10.5. The molecule has 1 rings (SSSR count). The maximum absolute atomic E-state index is 10.5. The van der Waals surface area contributed by atoms with Crippen molar-refractivity contribution in [2.75, 3.05) is 0 Å². The molecule has 0 saturated heterocycles. The number of hydrogen-bond donors (Lipinski definition) is 2. The van der Waals surface area contributed by atoms with Crippen molar-refractivity contribution in [1.29, 1.82) is 0 Å². The van der Waals surface area contributed by atoms with Gasteiger partial charge < -0.3 is 10.4 Å². The smallest absolute Gasteiger partial charge is 0.320 e. The van der Waals surface area contributed by atoms with Crippen LogP contribution in [-0.4, -0.2) is 23.2 Å². The van der Waals surface area contributed by atoms with Gasteiger partial charge in [-0.05, 0) is 32.1 Å². The molecule has 0 bridgehead atoms. The van der Waals surface area contributed by atoms with E-state index in [1.165, 1.54) is 12.8 Å². The van der Waals surface area contributed by atoms with Gasteiger partial charge in [0.25, 0.3) is 0 Å². The molecule has 2 N–H and O–H groups in total. The third kappa shape index (κ3) is 1.97. The van der Waals surface area contributed by atoms with Crippen molar-refractivity contribution in [3.63, 3.8) is 0 Å². The third-order valence-electron chi connectivity index (χ3n) is 2.95. The van der Waals surface area contributed by atoms with E-state index in [9.17, 15) is 4.79 Å². The highest BCUT2D eigenvalue weighted by atomic mass is 16.4. The summed E-state index contributed by atoms with van der Waals surface area (Å²) in [6.07, 6.45) is 2.43. The second kappa shape index (κ2) is 3.05. The van der Waals surface area contributed by atoms with Crippen molar-refractivity contribution in [1.82, 2.24) is 5.32 Å². The fourth-order valence-electron chi connectivity index (χ4n) is 1.28. The van der Waals surface area contributed by atoms with Crippen LogP contribution in [0.15, 0.2) is 0 Å². The first kappa shape index (κ1) is 9.52. The van der Waals surface area contributed by atoms with Crippen molar-refractivity contribution in [3.8, 4) is 0 Å². The van der Waals surface area contributed by atoms with Crippen LogP contribution in [0.25, 0.3) is 0 Å². The predicted octanol–water partition coefficient (Wildman–Crippen LogP) is 1.24. The van der Waals surface area contributed by atoms with E-state index in [0.29, 0.717) is 11.5 Å². The number of carboxylic acids is 1. The van der Waals surface area contributed by atoms with E-state index in [2.05, 4.69) is 19.2 Å². The number of carbonyl (C=O) groups is 1. The Labute approximate surface area is 73.2 Å². The minimum Gasteiger partial charge on any atom is -0.480 e. The first-order valence-electron chi connectivity index (χ1n) is 4.44. The summed E-state index contributed by atoms with van der Waals surface area (Å²) in [5, 5.41) is 11.7. The Bertz CT molecular complexity index is 187. The molecule has 0 spiro atoms. The second-order valence-electron chi connectivity index (χ2n) is 4.10. The minimum atomic E-state index is -0.772. The van der Waals surface area contributed by atoms with Gasteiger partial charge in [0.15, 0.2) is 0 Å².